The van der Waals surface area contributed by atoms with Crippen LogP contribution in [0, 0.1) is 29.8 Å². The van der Waals surface area contributed by atoms with Crippen LogP contribution in [-0.4, -0.2) is 18.0 Å². The Labute approximate surface area is 319 Å². The number of rotatable bonds is 8. The van der Waals surface area contributed by atoms with Gasteiger partial charge in [0.25, 0.3) is 0 Å². The van der Waals surface area contributed by atoms with E-state index in [1.54, 1.807) is 12.3 Å². The van der Waals surface area contributed by atoms with E-state index in [1.165, 1.54) is 28.8 Å². The summed E-state index contributed by atoms with van der Waals surface area (Å²) >= 11 is 0. The number of hydrogen-bond acceptors (Lipinski definition) is 3. The molecule has 7 rings (SSSR count). The number of aromatic nitrogens is 2. The zero-order valence-corrected chi connectivity index (χ0v) is 33.7. The van der Waals surface area contributed by atoms with Crippen molar-refractivity contribution >= 4 is 35.2 Å². The topological polar surface area (TPSA) is 38.9 Å². The molecule has 3 nitrogen and oxygen atoms in total. The Balaban J connectivity index is 0.000000207. The number of fused-ring (bicyclic) bond motifs is 3. The number of furan rings is 1. The van der Waals surface area contributed by atoms with E-state index in [1.807, 2.05) is 38.2 Å². The van der Waals surface area contributed by atoms with E-state index in [2.05, 4.69) is 116 Å². The molecule has 0 amide bonds. The van der Waals surface area contributed by atoms with Crippen LogP contribution >= 0.6 is 0 Å². The molecule has 0 saturated heterocycles. The maximum atomic E-state index is 13.1. The Morgan fingerprint density at radius 1 is 0.804 bits per heavy atom. The molecule has 0 aliphatic heterocycles. The quantitative estimate of drug-likeness (QED) is 0.113. The molecule has 3 heterocycles. The van der Waals surface area contributed by atoms with Crippen LogP contribution in [0.5, 0.6) is 0 Å². The summed E-state index contributed by atoms with van der Waals surface area (Å²) in [7, 11) is -1.74. The van der Waals surface area contributed by atoms with Gasteiger partial charge in [-0.2, -0.15) is 0 Å². The van der Waals surface area contributed by atoms with Crippen LogP contribution in [0.1, 0.15) is 41.6 Å². The number of nitrogens with zero attached hydrogens (tertiary/aromatic N) is 2. The fourth-order valence-corrected chi connectivity index (χ4v) is 7.55. The monoisotopic (exact) mass is 871 g/mol. The third-order valence-electron chi connectivity index (χ3n) is 8.47. The zero-order chi connectivity index (χ0) is 37.2. The van der Waals surface area contributed by atoms with Gasteiger partial charge in [-0.25, -0.2) is 0 Å². The van der Waals surface area contributed by atoms with Crippen molar-refractivity contribution in [2.45, 2.75) is 60.1 Å². The molecular weight excluding hydrogens is 824 g/mol. The van der Waals surface area contributed by atoms with E-state index in [4.69, 9.17) is 7.16 Å². The van der Waals surface area contributed by atoms with Crippen molar-refractivity contribution in [1.82, 2.24) is 9.97 Å². The van der Waals surface area contributed by atoms with Crippen molar-refractivity contribution in [1.29, 1.82) is 0 Å². The predicted molar refractivity (Wildman–Crippen MR) is 210 cm³/mol. The first kappa shape index (κ1) is 35.2. The van der Waals surface area contributed by atoms with Crippen molar-refractivity contribution < 1.29 is 31.7 Å². The summed E-state index contributed by atoms with van der Waals surface area (Å²) in [5, 5.41) is 3.25. The van der Waals surface area contributed by atoms with Gasteiger partial charge in [-0.05, 0) is 70.5 Å². The summed E-state index contributed by atoms with van der Waals surface area (Å²) in [6.45, 7) is 14.8. The summed E-state index contributed by atoms with van der Waals surface area (Å²) in [5.41, 5.74) is 9.26. The molecule has 263 valence electrons. The minimum Gasteiger partial charge on any atom is -0.501 e. The molecule has 1 radical (unpaired) electrons. The number of halogens is 1. The Morgan fingerprint density at radius 3 is 2.27 bits per heavy atom. The molecule has 7 aromatic rings. The van der Waals surface area contributed by atoms with Crippen LogP contribution in [0.4, 0.5) is 4.39 Å². The maximum absolute atomic E-state index is 13.1. The Kier molecular flexibility index (Phi) is 11.3. The van der Waals surface area contributed by atoms with Crippen molar-refractivity contribution in [2.24, 2.45) is 11.8 Å². The minimum atomic E-state index is -1.74. The predicted octanol–water partition coefficient (Wildman–Crippen LogP) is 11.7. The maximum Gasteiger partial charge on any atom is 0.120 e. The molecule has 0 atom stereocenters. The Morgan fingerprint density at radius 2 is 1.59 bits per heavy atom. The van der Waals surface area contributed by atoms with Gasteiger partial charge in [0.2, 0.25) is 0 Å². The minimum absolute atomic E-state index is 0. The summed E-state index contributed by atoms with van der Waals surface area (Å²) in [4.78, 5) is 9.10. The van der Waals surface area contributed by atoms with Gasteiger partial charge in [0.1, 0.15) is 5.58 Å². The van der Waals surface area contributed by atoms with Gasteiger partial charge >= 0.3 is 0 Å². The van der Waals surface area contributed by atoms with E-state index >= 15 is 0 Å². The SMILES string of the molecule is CC(C)Cc1ccnc(-c2[c-]ccc3c2oc2ccc(-c4ccccc4)cc23)c1.[2H]C([2H])(c1cc(-c2[c-]cc(F)cc2)ncc1[Si](C)(C)C)C(C)C.[Ir]. The van der Waals surface area contributed by atoms with Gasteiger partial charge in [-0.15, -0.1) is 48.0 Å². The van der Waals surface area contributed by atoms with Gasteiger partial charge < -0.3 is 14.4 Å². The molecular formula is C45H45FIrN2OSi-2. The largest absolute Gasteiger partial charge is 0.501 e. The number of benzene rings is 4. The van der Waals surface area contributed by atoms with Gasteiger partial charge in [0.05, 0.1) is 13.7 Å². The van der Waals surface area contributed by atoms with Crippen LogP contribution in [0.25, 0.3) is 55.6 Å². The van der Waals surface area contributed by atoms with Crippen molar-refractivity contribution in [3.63, 3.8) is 0 Å². The van der Waals surface area contributed by atoms with Gasteiger partial charge in [0, 0.05) is 46.4 Å². The van der Waals surface area contributed by atoms with E-state index in [9.17, 15) is 4.39 Å². The van der Waals surface area contributed by atoms with Crippen molar-refractivity contribution in [3.8, 4) is 33.6 Å². The van der Waals surface area contributed by atoms with Crippen molar-refractivity contribution in [2.75, 3.05) is 0 Å². The molecule has 3 aromatic heterocycles. The smallest absolute Gasteiger partial charge is 0.120 e. The second-order valence-corrected chi connectivity index (χ2v) is 19.5. The molecule has 0 bridgehead atoms. The molecule has 0 aliphatic rings. The fourth-order valence-electron chi connectivity index (χ4n) is 6.15. The molecule has 4 aromatic carbocycles. The second-order valence-electron chi connectivity index (χ2n) is 14.5. The normalized spacial score (nSPS) is 12.4. The molecule has 51 heavy (non-hydrogen) atoms. The molecule has 0 spiro atoms. The van der Waals surface area contributed by atoms with Crippen LogP contribution < -0.4 is 5.19 Å². The van der Waals surface area contributed by atoms with E-state index in [0.717, 1.165) is 44.8 Å². The summed E-state index contributed by atoms with van der Waals surface area (Å²) in [5.74, 6) is 0.114. The van der Waals surface area contributed by atoms with Gasteiger partial charge in [-0.1, -0.05) is 118 Å². The van der Waals surface area contributed by atoms with Gasteiger partial charge in [0.15, 0.2) is 0 Å². The Hall–Kier alpha value is -4.22. The molecule has 0 fully saturated rings. The average Bonchev–Trinajstić information content (AvgIpc) is 3.50. The van der Waals surface area contributed by atoms with Crippen molar-refractivity contribution in [3.05, 3.63) is 139 Å². The first-order valence-corrected chi connectivity index (χ1v) is 20.8. The summed E-state index contributed by atoms with van der Waals surface area (Å²) < 4.78 is 36.4. The summed E-state index contributed by atoms with van der Waals surface area (Å²) in [6.07, 6.45) is 3.28. The first-order chi connectivity index (χ1) is 24.7. The molecule has 0 unspecified atom stereocenters. The van der Waals surface area contributed by atoms with E-state index in [0.29, 0.717) is 22.7 Å². The van der Waals surface area contributed by atoms with Crippen LogP contribution in [-0.2, 0) is 32.9 Å². The van der Waals surface area contributed by atoms with Gasteiger partial charge in [-0.3, -0.25) is 4.39 Å². The Bertz CT molecular complexity index is 2320. The molecule has 0 aliphatic carbocycles. The van der Waals surface area contributed by atoms with Crippen LogP contribution in [0.2, 0.25) is 19.6 Å². The molecule has 0 N–H and O–H groups in total. The first-order valence-electron chi connectivity index (χ1n) is 18.3. The molecule has 6 heteroatoms. The molecule has 0 saturated carbocycles. The van der Waals surface area contributed by atoms with E-state index < -0.39 is 14.4 Å². The zero-order valence-electron chi connectivity index (χ0n) is 32.3. The number of pyridine rings is 2. The summed E-state index contributed by atoms with van der Waals surface area (Å²) in [6, 6.07) is 37.4. The van der Waals surface area contributed by atoms with Crippen LogP contribution in [0.15, 0.2) is 114 Å². The van der Waals surface area contributed by atoms with E-state index in [-0.39, 0.29) is 31.8 Å². The number of hydrogen-bond donors (Lipinski definition) is 0. The standard InChI is InChI=1S/C27H22NO.C18H23FNSi.Ir/c1-18(2)15-19-13-14-28-25(16-19)23-10-6-9-22-24-17-21(20-7-4-3-5-8-20)11-12-26(24)29-27(22)23;1-13(2)10-15-11-17(14-6-8-16(19)9-7-14)20-12-18(15)21(3,4)5;/h3-9,11-14,16-18H,15H2,1-2H3;6,8-9,11-13H,10H2,1-5H3;/q2*-1;/i;10D2;. The third-order valence-corrected chi connectivity index (χ3v) is 10.5. The van der Waals surface area contributed by atoms with Crippen LogP contribution in [0.3, 0.4) is 0 Å². The third kappa shape index (κ3) is 9.18. The fraction of sp³-hybridized carbons (Fsp3) is 0.244. The average molecular weight is 871 g/mol. The second kappa shape index (κ2) is 16.4.